The average Bonchev–Trinajstić information content (AvgIpc) is 3.44. The zero-order valence-corrected chi connectivity index (χ0v) is 17.1. The molecular formula is C24H26FN3O2. The van der Waals surface area contributed by atoms with Gasteiger partial charge in [0.05, 0.1) is 5.66 Å². The Kier molecular flexibility index (Phi) is 5.68. The lowest BCUT2D eigenvalue weighted by molar-refractivity contribution is -0.107. The number of aromatic nitrogens is 1. The number of hydrogen-bond donors (Lipinski definition) is 2. The Balaban J connectivity index is 1.56. The molecule has 0 bridgehead atoms. The average molecular weight is 407 g/mol. The van der Waals surface area contributed by atoms with Crippen LogP contribution >= 0.6 is 0 Å². The molecule has 1 saturated carbocycles. The summed E-state index contributed by atoms with van der Waals surface area (Å²) in [5.74, 6) is -0.349. The molecule has 1 aromatic heterocycles. The standard InChI is InChI=1S/C24H26FN3O2/c1-28(24(12-2-3-13-24)27-14-4-16-29)23(30)18-7-5-17(6-8-18)19-9-10-21-20(22(19)25)11-15-26-21/h5-11,15-16,26-27H,2-4,12-14H2,1H3. The predicted molar refractivity (Wildman–Crippen MR) is 116 cm³/mol. The Morgan fingerprint density at radius 2 is 1.90 bits per heavy atom. The summed E-state index contributed by atoms with van der Waals surface area (Å²) in [7, 11) is 1.81. The molecule has 3 aromatic rings. The third-order valence-electron chi connectivity index (χ3n) is 6.21. The van der Waals surface area contributed by atoms with Crippen molar-refractivity contribution < 1.29 is 14.0 Å². The second kappa shape index (κ2) is 8.40. The van der Waals surface area contributed by atoms with Crippen LogP contribution in [0.2, 0.25) is 0 Å². The normalized spacial score (nSPS) is 15.4. The number of halogens is 1. The van der Waals surface area contributed by atoms with Crippen molar-refractivity contribution in [2.45, 2.75) is 37.8 Å². The van der Waals surface area contributed by atoms with Crippen LogP contribution in [0.1, 0.15) is 42.5 Å². The Morgan fingerprint density at radius 1 is 1.17 bits per heavy atom. The minimum absolute atomic E-state index is 0.0800. The van der Waals surface area contributed by atoms with Gasteiger partial charge in [0.15, 0.2) is 0 Å². The fourth-order valence-corrected chi connectivity index (χ4v) is 4.45. The van der Waals surface area contributed by atoms with E-state index in [1.807, 2.05) is 13.1 Å². The van der Waals surface area contributed by atoms with Crippen LogP contribution in [0.5, 0.6) is 0 Å². The van der Waals surface area contributed by atoms with Crippen molar-refractivity contribution in [2.24, 2.45) is 0 Å². The summed E-state index contributed by atoms with van der Waals surface area (Å²) >= 11 is 0. The largest absolute Gasteiger partial charge is 0.361 e. The Morgan fingerprint density at radius 3 is 2.60 bits per heavy atom. The van der Waals surface area contributed by atoms with E-state index in [1.54, 1.807) is 47.5 Å². The Labute approximate surface area is 175 Å². The lowest BCUT2D eigenvalue weighted by Crippen LogP contribution is -2.57. The number of carbonyl (C=O) groups excluding carboxylic acids is 2. The molecule has 2 aromatic carbocycles. The number of benzene rings is 2. The zero-order valence-electron chi connectivity index (χ0n) is 17.1. The minimum Gasteiger partial charge on any atom is -0.361 e. The highest BCUT2D eigenvalue weighted by atomic mass is 19.1. The summed E-state index contributed by atoms with van der Waals surface area (Å²) in [5.41, 5.74) is 2.15. The van der Waals surface area contributed by atoms with Crippen LogP contribution in [0.15, 0.2) is 48.7 Å². The van der Waals surface area contributed by atoms with Gasteiger partial charge in [0.25, 0.3) is 5.91 Å². The van der Waals surface area contributed by atoms with Gasteiger partial charge in [0.2, 0.25) is 0 Å². The van der Waals surface area contributed by atoms with Crippen molar-refractivity contribution in [3.05, 3.63) is 60.0 Å². The fraction of sp³-hybridized carbons (Fsp3) is 0.333. The van der Waals surface area contributed by atoms with Crippen molar-refractivity contribution in [3.8, 4) is 11.1 Å². The van der Waals surface area contributed by atoms with Gasteiger partial charge in [-0.1, -0.05) is 12.1 Å². The molecule has 0 atom stereocenters. The van der Waals surface area contributed by atoms with E-state index in [2.05, 4.69) is 10.3 Å². The van der Waals surface area contributed by atoms with Gasteiger partial charge in [0, 0.05) is 48.2 Å². The van der Waals surface area contributed by atoms with E-state index in [1.165, 1.54) is 0 Å². The van der Waals surface area contributed by atoms with Crippen molar-refractivity contribution in [2.75, 3.05) is 13.6 Å². The van der Waals surface area contributed by atoms with Crippen LogP contribution in [0.3, 0.4) is 0 Å². The van der Waals surface area contributed by atoms with E-state index >= 15 is 0 Å². The molecule has 1 aliphatic rings. The van der Waals surface area contributed by atoms with Crippen LogP contribution in [-0.2, 0) is 4.79 Å². The number of hydrogen-bond acceptors (Lipinski definition) is 3. The fourth-order valence-electron chi connectivity index (χ4n) is 4.45. The lowest BCUT2D eigenvalue weighted by Gasteiger charge is -2.40. The van der Waals surface area contributed by atoms with Gasteiger partial charge < -0.3 is 14.7 Å². The molecule has 6 heteroatoms. The summed E-state index contributed by atoms with van der Waals surface area (Å²) in [6.07, 6.45) is 6.87. The molecule has 5 nitrogen and oxygen atoms in total. The molecule has 2 N–H and O–H groups in total. The first kappa shape index (κ1) is 20.3. The molecule has 0 saturated heterocycles. The molecule has 156 valence electrons. The second-order valence-corrected chi connectivity index (χ2v) is 7.93. The van der Waals surface area contributed by atoms with Gasteiger partial charge in [-0.25, -0.2) is 4.39 Å². The Hall–Kier alpha value is -2.99. The highest BCUT2D eigenvalue weighted by Crippen LogP contribution is 2.34. The van der Waals surface area contributed by atoms with Crippen LogP contribution in [0.4, 0.5) is 4.39 Å². The van der Waals surface area contributed by atoms with Crippen molar-refractivity contribution in [1.29, 1.82) is 0 Å². The SMILES string of the molecule is CN(C(=O)c1ccc(-c2ccc3[nH]ccc3c2F)cc1)C1(NCCC=O)CCCC1. The molecule has 0 aliphatic heterocycles. The molecule has 4 rings (SSSR count). The van der Waals surface area contributed by atoms with E-state index in [0.29, 0.717) is 29.5 Å². The molecular weight excluding hydrogens is 381 g/mol. The first-order valence-corrected chi connectivity index (χ1v) is 10.4. The summed E-state index contributed by atoms with van der Waals surface area (Å²) in [4.78, 5) is 28.6. The lowest BCUT2D eigenvalue weighted by atomic mass is 10.0. The van der Waals surface area contributed by atoms with E-state index in [4.69, 9.17) is 0 Å². The van der Waals surface area contributed by atoms with Crippen molar-refractivity contribution in [1.82, 2.24) is 15.2 Å². The number of aldehydes is 1. The molecule has 1 amide bonds. The number of fused-ring (bicyclic) bond motifs is 1. The van der Waals surface area contributed by atoms with E-state index in [0.717, 1.165) is 43.0 Å². The quantitative estimate of drug-likeness (QED) is 0.344. The highest BCUT2D eigenvalue weighted by Gasteiger charge is 2.39. The van der Waals surface area contributed by atoms with E-state index in [-0.39, 0.29) is 11.7 Å². The van der Waals surface area contributed by atoms with Gasteiger partial charge >= 0.3 is 0 Å². The summed E-state index contributed by atoms with van der Waals surface area (Å²) in [6.45, 7) is 0.557. The molecule has 1 aliphatic carbocycles. The maximum atomic E-state index is 14.8. The predicted octanol–water partition coefficient (Wildman–Crippen LogP) is 4.49. The van der Waals surface area contributed by atoms with Crippen molar-refractivity contribution >= 4 is 23.1 Å². The van der Waals surface area contributed by atoms with Gasteiger partial charge in [-0.05, 0) is 61.6 Å². The minimum atomic E-state index is -0.413. The molecule has 0 spiro atoms. The smallest absolute Gasteiger partial charge is 0.255 e. The van der Waals surface area contributed by atoms with Crippen LogP contribution in [0.25, 0.3) is 22.0 Å². The maximum Gasteiger partial charge on any atom is 0.255 e. The third-order valence-corrected chi connectivity index (χ3v) is 6.21. The summed E-state index contributed by atoms with van der Waals surface area (Å²) in [5, 5.41) is 3.98. The molecule has 0 radical (unpaired) electrons. The molecule has 30 heavy (non-hydrogen) atoms. The van der Waals surface area contributed by atoms with Gasteiger partial charge in [-0.15, -0.1) is 0 Å². The first-order valence-electron chi connectivity index (χ1n) is 10.4. The third kappa shape index (κ3) is 3.63. The van der Waals surface area contributed by atoms with E-state index in [9.17, 15) is 14.0 Å². The van der Waals surface area contributed by atoms with Crippen LogP contribution in [-0.4, -0.2) is 41.3 Å². The molecule has 1 heterocycles. The van der Waals surface area contributed by atoms with Gasteiger partial charge in [-0.2, -0.15) is 0 Å². The van der Waals surface area contributed by atoms with Gasteiger partial charge in [0.1, 0.15) is 12.1 Å². The number of amides is 1. The summed E-state index contributed by atoms with van der Waals surface area (Å²) < 4.78 is 14.8. The molecule has 1 fully saturated rings. The maximum absolute atomic E-state index is 14.8. The topological polar surface area (TPSA) is 65.2 Å². The van der Waals surface area contributed by atoms with Gasteiger partial charge in [-0.3, -0.25) is 10.1 Å². The van der Waals surface area contributed by atoms with Crippen molar-refractivity contribution in [3.63, 3.8) is 0 Å². The number of H-pyrrole nitrogens is 1. The Bertz CT molecular complexity index is 1050. The number of carbonyl (C=O) groups is 2. The monoisotopic (exact) mass is 407 g/mol. The number of nitrogens with zero attached hydrogens (tertiary/aromatic N) is 1. The number of nitrogens with one attached hydrogen (secondary N) is 2. The van der Waals surface area contributed by atoms with Crippen LogP contribution < -0.4 is 5.32 Å². The number of rotatable bonds is 7. The highest BCUT2D eigenvalue weighted by molar-refractivity contribution is 5.95. The summed E-state index contributed by atoms with van der Waals surface area (Å²) in [6, 6.07) is 12.4. The van der Waals surface area contributed by atoms with E-state index < -0.39 is 5.66 Å². The molecule has 0 unspecified atom stereocenters. The number of aromatic amines is 1. The zero-order chi connectivity index (χ0) is 21.1. The second-order valence-electron chi connectivity index (χ2n) is 7.93. The first-order chi connectivity index (χ1) is 14.6. The van der Waals surface area contributed by atoms with Crippen LogP contribution in [0, 0.1) is 5.82 Å².